The summed E-state index contributed by atoms with van der Waals surface area (Å²) < 4.78 is 51.7. The van der Waals surface area contributed by atoms with Crippen molar-refractivity contribution in [3.8, 4) is 11.3 Å². The molecule has 2 aromatic carbocycles. The Morgan fingerprint density at radius 2 is 1.70 bits per heavy atom. The number of alkyl halides is 3. The van der Waals surface area contributed by atoms with E-state index in [1.54, 1.807) is 18.2 Å². The van der Waals surface area contributed by atoms with E-state index in [4.69, 9.17) is 0 Å². The first-order valence-electron chi connectivity index (χ1n) is 8.42. The lowest BCUT2D eigenvalue weighted by atomic mass is 9.78. The van der Waals surface area contributed by atoms with Crippen LogP contribution >= 0.6 is 0 Å². The van der Waals surface area contributed by atoms with Gasteiger partial charge in [0.1, 0.15) is 12.4 Å². The molecule has 1 unspecified atom stereocenters. The van der Waals surface area contributed by atoms with E-state index >= 15 is 0 Å². The Hall–Kier alpha value is -2.96. The molecular weight excluding hydrogens is 358 g/mol. The summed E-state index contributed by atoms with van der Waals surface area (Å²) in [4.78, 5) is 8.29. The molecule has 7 heteroatoms. The van der Waals surface area contributed by atoms with Crippen molar-refractivity contribution in [1.82, 2.24) is 9.97 Å². The maximum absolute atomic E-state index is 14.4. The lowest BCUT2D eigenvalue weighted by Gasteiger charge is -2.27. The summed E-state index contributed by atoms with van der Waals surface area (Å²) >= 11 is 0. The fourth-order valence-electron chi connectivity index (χ4n) is 3.44. The van der Waals surface area contributed by atoms with E-state index in [1.165, 1.54) is 12.3 Å². The Bertz CT molecular complexity index is 985. The fraction of sp³-hybridized carbons (Fsp3) is 0.200. The summed E-state index contributed by atoms with van der Waals surface area (Å²) in [6.45, 7) is -1.20. The number of nitrogens with one attached hydrogen (secondary N) is 1. The Morgan fingerprint density at radius 1 is 1.00 bits per heavy atom. The number of nitrogens with zero attached hydrogens (tertiary/aromatic N) is 2. The highest BCUT2D eigenvalue weighted by Crippen LogP contribution is 2.42. The van der Waals surface area contributed by atoms with Crippen molar-refractivity contribution < 1.29 is 17.6 Å². The van der Waals surface area contributed by atoms with Gasteiger partial charge in [-0.15, -0.1) is 0 Å². The molecule has 0 fully saturated rings. The number of halogens is 4. The monoisotopic (exact) mass is 373 g/mol. The van der Waals surface area contributed by atoms with Crippen molar-refractivity contribution in [2.45, 2.75) is 18.5 Å². The average molecular weight is 373 g/mol. The molecule has 27 heavy (non-hydrogen) atoms. The quantitative estimate of drug-likeness (QED) is 0.661. The topological polar surface area (TPSA) is 37.8 Å². The van der Waals surface area contributed by atoms with Gasteiger partial charge in [0.2, 0.25) is 5.95 Å². The minimum Gasteiger partial charge on any atom is -0.345 e. The molecule has 1 atom stereocenters. The number of fused-ring (bicyclic) bond motifs is 3. The van der Waals surface area contributed by atoms with Crippen molar-refractivity contribution in [2.75, 3.05) is 11.9 Å². The zero-order chi connectivity index (χ0) is 19.0. The van der Waals surface area contributed by atoms with Crippen molar-refractivity contribution in [1.29, 1.82) is 0 Å². The summed E-state index contributed by atoms with van der Waals surface area (Å²) in [5.74, 6) is -0.567. The van der Waals surface area contributed by atoms with Gasteiger partial charge in [0.25, 0.3) is 0 Å². The molecule has 0 amide bonds. The van der Waals surface area contributed by atoms with Gasteiger partial charge in [0, 0.05) is 17.7 Å². The number of hydrogen-bond acceptors (Lipinski definition) is 3. The summed E-state index contributed by atoms with van der Waals surface area (Å²) in [6.07, 6.45) is -2.36. The van der Waals surface area contributed by atoms with Crippen molar-refractivity contribution >= 4 is 5.95 Å². The molecule has 0 saturated heterocycles. The molecular formula is C20H15F4N3. The number of hydrogen-bond donors (Lipinski definition) is 1. The molecule has 1 aliphatic carbocycles. The second kappa shape index (κ2) is 6.64. The van der Waals surface area contributed by atoms with Crippen LogP contribution in [-0.2, 0) is 6.42 Å². The van der Waals surface area contributed by atoms with Gasteiger partial charge in [0.05, 0.1) is 5.69 Å². The minimum absolute atomic E-state index is 0.0785. The molecule has 1 heterocycles. The van der Waals surface area contributed by atoms with Crippen LogP contribution in [0.5, 0.6) is 0 Å². The SMILES string of the molecule is Fc1ccccc1C1Cc2cnc(NCC(F)(F)F)nc2-c2ccccc21. The third kappa shape index (κ3) is 3.49. The lowest BCUT2D eigenvalue weighted by Crippen LogP contribution is -2.23. The molecule has 3 aromatic rings. The molecule has 0 aliphatic heterocycles. The molecule has 0 radical (unpaired) electrons. The van der Waals surface area contributed by atoms with E-state index in [1.807, 2.05) is 24.3 Å². The van der Waals surface area contributed by atoms with Gasteiger partial charge < -0.3 is 5.32 Å². The van der Waals surface area contributed by atoms with Gasteiger partial charge in [-0.25, -0.2) is 14.4 Å². The fourth-order valence-corrected chi connectivity index (χ4v) is 3.44. The van der Waals surface area contributed by atoms with Crippen molar-refractivity contribution in [2.24, 2.45) is 0 Å². The maximum Gasteiger partial charge on any atom is 0.405 e. The first-order valence-corrected chi connectivity index (χ1v) is 8.42. The van der Waals surface area contributed by atoms with Gasteiger partial charge in [-0.2, -0.15) is 13.2 Å². The van der Waals surface area contributed by atoms with Crippen LogP contribution < -0.4 is 5.32 Å². The van der Waals surface area contributed by atoms with Crippen molar-refractivity contribution in [3.63, 3.8) is 0 Å². The Labute approximate surface area is 153 Å². The van der Waals surface area contributed by atoms with Crippen LogP contribution in [0.3, 0.4) is 0 Å². The molecule has 4 rings (SSSR count). The molecule has 1 N–H and O–H groups in total. The molecule has 0 bridgehead atoms. The minimum atomic E-state index is -4.35. The molecule has 0 spiro atoms. The van der Waals surface area contributed by atoms with E-state index in [9.17, 15) is 17.6 Å². The molecule has 1 aromatic heterocycles. The first-order chi connectivity index (χ1) is 12.9. The van der Waals surface area contributed by atoms with E-state index in [-0.39, 0.29) is 17.7 Å². The predicted molar refractivity (Wildman–Crippen MR) is 94.0 cm³/mol. The predicted octanol–water partition coefficient (Wildman–Crippen LogP) is 4.94. The maximum atomic E-state index is 14.4. The van der Waals surface area contributed by atoms with E-state index < -0.39 is 12.7 Å². The lowest BCUT2D eigenvalue weighted by molar-refractivity contribution is -0.115. The third-order valence-electron chi connectivity index (χ3n) is 4.61. The Balaban J connectivity index is 1.75. The van der Waals surface area contributed by atoms with Crippen LogP contribution in [0, 0.1) is 5.82 Å². The van der Waals surface area contributed by atoms with Crippen molar-refractivity contribution in [3.05, 3.63) is 77.2 Å². The second-order valence-electron chi connectivity index (χ2n) is 6.40. The van der Waals surface area contributed by atoms with Crippen LogP contribution in [0.15, 0.2) is 54.7 Å². The zero-order valence-corrected chi connectivity index (χ0v) is 14.1. The zero-order valence-electron chi connectivity index (χ0n) is 14.1. The number of aromatic nitrogens is 2. The summed E-state index contributed by atoms with van der Waals surface area (Å²) in [5, 5.41) is 2.21. The number of benzene rings is 2. The first kappa shape index (κ1) is 17.5. The van der Waals surface area contributed by atoms with Gasteiger partial charge in [-0.3, -0.25) is 0 Å². The van der Waals surface area contributed by atoms with E-state index in [0.29, 0.717) is 17.7 Å². The van der Waals surface area contributed by atoms with Gasteiger partial charge >= 0.3 is 6.18 Å². The van der Waals surface area contributed by atoms with Crippen LogP contribution in [0.2, 0.25) is 0 Å². The number of anilines is 1. The molecule has 0 saturated carbocycles. The standard InChI is InChI=1S/C20H15F4N3/c21-17-8-4-3-6-14(17)16-9-12-10-25-19(26-11-20(22,23)24)27-18(12)15-7-2-1-5-13(15)16/h1-8,10,16H,9,11H2,(H,25,26,27). The number of rotatable bonds is 3. The average Bonchev–Trinajstić information content (AvgIpc) is 2.66. The Kier molecular flexibility index (Phi) is 4.30. The van der Waals surface area contributed by atoms with Gasteiger partial charge in [-0.1, -0.05) is 42.5 Å². The largest absolute Gasteiger partial charge is 0.405 e. The second-order valence-corrected chi connectivity index (χ2v) is 6.40. The van der Waals surface area contributed by atoms with Crippen LogP contribution in [0.25, 0.3) is 11.3 Å². The summed E-state index contributed by atoms with van der Waals surface area (Å²) in [7, 11) is 0. The Morgan fingerprint density at radius 3 is 2.44 bits per heavy atom. The third-order valence-corrected chi connectivity index (χ3v) is 4.61. The van der Waals surface area contributed by atoms with Gasteiger partial charge in [0.15, 0.2) is 0 Å². The normalized spacial score (nSPS) is 15.8. The highest BCUT2D eigenvalue weighted by atomic mass is 19.4. The van der Waals surface area contributed by atoms with Crippen LogP contribution in [-0.4, -0.2) is 22.7 Å². The molecule has 3 nitrogen and oxygen atoms in total. The highest BCUT2D eigenvalue weighted by Gasteiger charge is 2.30. The van der Waals surface area contributed by atoms with Gasteiger partial charge in [-0.05, 0) is 29.2 Å². The highest BCUT2D eigenvalue weighted by molar-refractivity contribution is 5.72. The van der Waals surface area contributed by atoms with Crippen LogP contribution in [0.1, 0.15) is 22.6 Å². The summed E-state index contributed by atoms with van der Waals surface area (Å²) in [5.41, 5.74) is 3.62. The van der Waals surface area contributed by atoms with E-state index in [2.05, 4.69) is 15.3 Å². The molecule has 1 aliphatic rings. The molecule has 138 valence electrons. The van der Waals surface area contributed by atoms with E-state index in [0.717, 1.165) is 16.7 Å². The van der Waals surface area contributed by atoms with Crippen LogP contribution in [0.4, 0.5) is 23.5 Å². The summed E-state index contributed by atoms with van der Waals surface area (Å²) in [6, 6.07) is 14.1. The smallest absolute Gasteiger partial charge is 0.345 e.